The van der Waals surface area contributed by atoms with Crippen molar-refractivity contribution in [2.24, 2.45) is 5.41 Å². The molecule has 13 heavy (non-hydrogen) atoms. The molecule has 3 nitrogen and oxygen atoms in total. The molecule has 0 saturated heterocycles. The van der Waals surface area contributed by atoms with Gasteiger partial charge in [0, 0.05) is 6.54 Å². The number of nitrogens with one attached hydrogen (secondary N) is 1. The molecule has 1 N–H and O–H groups in total. The number of rotatable bonds is 3. The highest BCUT2D eigenvalue weighted by atomic mass is 16.2. The number of nitriles is 1. The van der Waals surface area contributed by atoms with Crippen molar-refractivity contribution in [3.63, 3.8) is 0 Å². The first-order chi connectivity index (χ1) is 6.25. The molecule has 1 fully saturated rings. The maximum atomic E-state index is 11.6. The zero-order chi connectivity index (χ0) is 9.73. The zero-order valence-corrected chi connectivity index (χ0v) is 7.68. The maximum absolute atomic E-state index is 11.6. The first-order valence-corrected chi connectivity index (χ1v) is 4.55. The fourth-order valence-corrected chi connectivity index (χ4v) is 1.70. The third kappa shape index (κ3) is 1.89. The Bertz CT molecular complexity index is 246. The van der Waals surface area contributed by atoms with Gasteiger partial charge in [0.1, 0.15) is 5.41 Å². The second-order valence-electron chi connectivity index (χ2n) is 3.40. The largest absolute Gasteiger partial charge is 0.351 e. The molecular formula is C10H14N2O. The van der Waals surface area contributed by atoms with E-state index in [4.69, 9.17) is 5.26 Å². The van der Waals surface area contributed by atoms with Crippen LogP contribution in [0.4, 0.5) is 0 Å². The summed E-state index contributed by atoms with van der Waals surface area (Å²) in [5, 5.41) is 11.6. The Morgan fingerprint density at radius 1 is 1.62 bits per heavy atom. The molecule has 0 aliphatic heterocycles. The third-order valence-corrected chi connectivity index (χ3v) is 2.51. The van der Waals surface area contributed by atoms with E-state index >= 15 is 0 Å². The van der Waals surface area contributed by atoms with E-state index in [0.29, 0.717) is 19.4 Å². The van der Waals surface area contributed by atoms with Crippen molar-refractivity contribution in [2.75, 3.05) is 6.54 Å². The van der Waals surface area contributed by atoms with E-state index in [1.807, 2.05) is 0 Å². The van der Waals surface area contributed by atoms with Crippen molar-refractivity contribution >= 4 is 5.91 Å². The molecule has 0 unspecified atom stereocenters. The maximum Gasteiger partial charge on any atom is 0.240 e. The lowest BCUT2D eigenvalue weighted by Gasteiger charge is -2.18. The second-order valence-corrected chi connectivity index (χ2v) is 3.40. The summed E-state index contributed by atoms with van der Waals surface area (Å²) in [6.07, 6.45) is 4.99. The van der Waals surface area contributed by atoms with Gasteiger partial charge in [-0.15, -0.1) is 6.58 Å². The minimum atomic E-state index is -0.747. The quantitative estimate of drug-likeness (QED) is 0.663. The molecule has 70 valence electrons. The number of amides is 1. The molecule has 0 atom stereocenters. The molecule has 0 radical (unpaired) electrons. The molecule has 0 bridgehead atoms. The van der Waals surface area contributed by atoms with Crippen LogP contribution in [0, 0.1) is 16.7 Å². The third-order valence-electron chi connectivity index (χ3n) is 2.51. The number of carbonyl (C=O) groups excluding carboxylic acids is 1. The fourth-order valence-electron chi connectivity index (χ4n) is 1.70. The van der Waals surface area contributed by atoms with E-state index < -0.39 is 5.41 Å². The summed E-state index contributed by atoms with van der Waals surface area (Å²) in [6, 6.07) is 2.14. The van der Waals surface area contributed by atoms with Gasteiger partial charge in [-0.1, -0.05) is 18.9 Å². The van der Waals surface area contributed by atoms with Gasteiger partial charge >= 0.3 is 0 Å². The van der Waals surface area contributed by atoms with Crippen LogP contribution in [0.15, 0.2) is 12.7 Å². The van der Waals surface area contributed by atoms with Crippen LogP contribution in [-0.4, -0.2) is 12.5 Å². The van der Waals surface area contributed by atoms with E-state index in [2.05, 4.69) is 18.0 Å². The first-order valence-electron chi connectivity index (χ1n) is 4.55. The van der Waals surface area contributed by atoms with Crippen LogP contribution in [-0.2, 0) is 4.79 Å². The van der Waals surface area contributed by atoms with E-state index in [-0.39, 0.29) is 5.91 Å². The van der Waals surface area contributed by atoms with Crippen LogP contribution < -0.4 is 5.32 Å². The summed E-state index contributed by atoms with van der Waals surface area (Å²) < 4.78 is 0. The summed E-state index contributed by atoms with van der Waals surface area (Å²) in [7, 11) is 0. The molecule has 3 heteroatoms. The fraction of sp³-hybridized carbons (Fsp3) is 0.600. The monoisotopic (exact) mass is 178 g/mol. The van der Waals surface area contributed by atoms with Crippen LogP contribution in [0.25, 0.3) is 0 Å². The molecule has 1 aliphatic carbocycles. The molecule has 1 rings (SSSR count). The van der Waals surface area contributed by atoms with Crippen LogP contribution >= 0.6 is 0 Å². The minimum Gasteiger partial charge on any atom is -0.351 e. The predicted molar refractivity (Wildman–Crippen MR) is 49.7 cm³/mol. The zero-order valence-electron chi connectivity index (χ0n) is 7.68. The lowest BCUT2D eigenvalue weighted by molar-refractivity contribution is -0.127. The summed E-state index contributed by atoms with van der Waals surface area (Å²) in [4.78, 5) is 11.6. The molecule has 0 aromatic carbocycles. The topological polar surface area (TPSA) is 52.9 Å². The molecule has 0 heterocycles. The van der Waals surface area contributed by atoms with E-state index in [9.17, 15) is 4.79 Å². The second kappa shape index (κ2) is 4.08. The SMILES string of the molecule is C=CCNC(=O)C1(C#N)CCCC1. The van der Waals surface area contributed by atoms with Gasteiger partial charge in [-0.2, -0.15) is 5.26 Å². The summed E-state index contributed by atoms with van der Waals surface area (Å²) in [5.74, 6) is -0.132. The van der Waals surface area contributed by atoms with E-state index in [1.165, 1.54) is 0 Å². The van der Waals surface area contributed by atoms with Gasteiger partial charge in [-0.25, -0.2) is 0 Å². The lowest BCUT2D eigenvalue weighted by atomic mass is 9.87. The van der Waals surface area contributed by atoms with Crippen LogP contribution in [0.5, 0.6) is 0 Å². The molecule has 0 aromatic heterocycles. The van der Waals surface area contributed by atoms with Gasteiger partial charge < -0.3 is 5.32 Å². The number of carbonyl (C=O) groups is 1. The van der Waals surface area contributed by atoms with Crippen molar-refractivity contribution < 1.29 is 4.79 Å². The standard InChI is InChI=1S/C10H14N2O/c1-2-7-12-9(13)10(8-11)5-3-4-6-10/h2H,1,3-7H2,(H,12,13). The van der Waals surface area contributed by atoms with Gasteiger partial charge in [0.25, 0.3) is 0 Å². The van der Waals surface area contributed by atoms with E-state index in [0.717, 1.165) is 12.8 Å². The molecule has 0 aromatic rings. The Morgan fingerprint density at radius 3 is 2.69 bits per heavy atom. The Hall–Kier alpha value is -1.30. The average molecular weight is 178 g/mol. The Morgan fingerprint density at radius 2 is 2.23 bits per heavy atom. The van der Waals surface area contributed by atoms with Gasteiger partial charge in [-0.05, 0) is 12.8 Å². The molecule has 1 amide bonds. The predicted octanol–water partition coefficient (Wildman–Crippen LogP) is 1.37. The highest BCUT2D eigenvalue weighted by Gasteiger charge is 2.40. The van der Waals surface area contributed by atoms with Crippen LogP contribution in [0.3, 0.4) is 0 Å². The average Bonchev–Trinajstić information content (AvgIpc) is 2.63. The van der Waals surface area contributed by atoms with Crippen LogP contribution in [0.1, 0.15) is 25.7 Å². The Labute approximate surface area is 78.4 Å². The van der Waals surface area contributed by atoms with Crippen molar-refractivity contribution in [3.05, 3.63) is 12.7 Å². The van der Waals surface area contributed by atoms with Crippen molar-refractivity contribution in [3.8, 4) is 6.07 Å². The normalized spacial score (nSPS) is 19.0. The summed E-state index contributed by atoms with van der Waals surface area (Å²) >= 11 is 0. The Kier molecular flexibility index (Phi) is 3.07. The van der Waals surface area contributed by atoms with Gasteiger partial charge in [0.15, 0.2) is 0 Å². The minimum absolute atomic E-state index is 0.132. The number of hydrogen-bond donors (Lipinski definition) is 1. The molecule has 1 saturated carbocycles. The first kappa shape index (κ1) is 9.79. The van der Waals surface area contributed by atoms with Crippen molar-refractivity contribution in [1.82, 2.24) is 5.32 Å². The summed E-state index contributed by atoms with van der Waals surface area (Å²) in [5.41, 5.74) is -0.747. The highest BCUT2D eigenvalue weighted by molar-refractivity contribution is 5.85. The molecule has 0 spiro atoms. The lowest BCUT2D eigenvalue weighted by Crippen LogP contribution is -2.38. The van der Waals surface area contributed by atoms with Gasteiger partial charge in [0.2, 0.25) is 5.91 Å². The van der Waals surface area contributed by atoms with Gasteiger partial charge in [0.05, 0.1) is 6.07 Å². The van der Waals surface area contributed by atoms with Crippen LogP contribution in [0.2, 0.25) is 0 Å². The number of nitrogens with zero attached hydrogens (tertiary/aromatic N) is 1. The molecule has 1 aliphatic rings. The van der Waals surface area contributed by atoms with Gasteiger partial charge in [-0.3, -0.25) is 4.79 Å². The number of hydrogen-bond acceptors (Lipinski definition) is 2. The summed E-state index contributed by atoms with van der Waals surface area (Å²) in [6.45, 7) is 3.96. The Balaban J connectivity index is 2.61. The highest BCUT2D eigenvalue weighted by Crippen LogP contribution is 2.37. The van der Waals surface area contributed by atoms with Crippen molar-refractivity contribution in [1.29, 1.82) is 5.26 Å². The van der Waals surface area contributed by atoms with Crippen molar-refractivity contribution in [2.45, 2.75) is 25.7 Å². The molecular weight excluding hydrogens is 164 g/mol. The smallest absolute Gasteiger partial charge is 0.240 e. The van der Waals surface area contributed by atoms with E-state index in [1.54, 1.807) is 6.08 Å².